The highest BCUT2D eigenvalue weighted by atomic mass is 19.1. The quantitative estimate of drug-likeness (QED) is 0.572. The molecule has 1 aromatic heterocycles. The predicted molar refractivity (Wildman–Crippen MR) is 85.3 cm³/mol. The van der Waals surface area contributed by atoms with E-state index >= 15 is 0 Å². The van der Waals surface area contributed by atoms with E-state index in [-0.39, 0.29) is 30.4 Å². The molecule has 22 heavy (non-hydrogen) atoms. The first kappa shape index (κ1) is 15.7. The molecule has 1 heterocycles. The Morgan fingerprint density at radius 1 is 1.09 bits per heavy atom. The summed E-state index contributed by atoms with van der Waals surface area (Å²) in [5.41, 5.74) is 19.2. The van der Waals surface area contributed by atoms with Gasteiger partial charge in [0.2, 0.25) is 0 Å². The average Bonchev–Trinajstić information content (AvgIpc) is 2.54. The number of nitrogens with zero attached hydrogens (tertiary/aromatic N) is 2. The number of aromatic nitrogens is 1. The highest BCUT2D eigenvalue weighted by Gasteiger charge is 2.08. The fourth-order valence-electron chi connectivity index (χ4n) is 1.92. The SMILES string of the molecule is NC/C(Cc1ccccc1F)=C(/N)N=C(N)c1ccccn1. The Balaban J connectivity index is 2.27. The Labute approximate surface area is 128 Å². The number of hydrogen-bond acceptors (Lipinski definition) is 4. The van der Waals surface area contributed by atoms with E-state index in [0.29, 0.717) is 16.8 Å². The zero-order valence-corrected chi connectivity index (χ0v) is 12.0. The molecule has 114 valence electrons. The van der Waals surface area contributed by atoms with Crippen LogP contribution in [0.2, 0.25) is 0 Å². The van der Waals surface area contributed by atoms with Gasteiger partial charge in [-0.15, -0.1) is 0 Å². The largest absolute Gasteiger partial charge is 0.384 e. The molecule has 0 spiro atoms. The molecule has 0 aliphatic heterocycles. The molecule has 1 aromatic carbocycles. The van der Waals surface area contributed by atoms with Gasteiger partial charge in [0.1, 0.15) is 17.3 Å². The van der Waals surface area contributed by atoms with E-state index in [1.807, 2.05) is 0 Å². The third kappa shape index (κ3) is 3.89. The molecule has 0 radical (unpaired) electrons. The standard InChI is InChI=1S/C16H18FN5/c17-13-6-2-1-5-11(13)9-12(10-18)15(19)22-16(20)14-7-3-4-8-21-14/h1-8H,9-10,18-19H2,(H2,20,22)/b15-12-. The van der Waals surface area contributed by atoms with Crippen molar-refractivity contribution in [2.45, 2.75) is 6.42 Å². The molecular weight excluding hydrogens is 281 g/mol. The van der Waals surface area contributed by atoms with Crippen molar-refractivity contribution in [3.63, 3.8) is 0 Å². The third-order valence-corrected chi connectivity index (χ3v) is 3.14. The lowest BCUT2D eigenvalue weighted by molar-refractivity contribution is 0.612. The molecule has 0 aliphatic rings. The second-order valence-corrected chi connectivity index (χ2v) is 4.67. The Kier molecular flexibility index (Phi) is 5.21. The monoisotopic (exact) mass is 299 g/mol. The number of aliphatic imine (C=N–C) groups is 1. The number of rotatable bonds is 5. The molecule has 2 rings (SSSR count). The number of halogens is 1. The Morgan fingerprint density at radius 2 is 1.82 bits per heavy atom. The van der Waals surface area contributed by atoms with E-state index in [2.05, 4.69) is 9.98 Å². The van der Waals surface area contributed by atoms with E-state index in [1.54, 1.807) is 42.6 Å². The third-order valence-electron chi connectivity index (χ3n) is 3.14. The molecule has 0 unspecified atom stereocenters. The lowest BCUT2D eigenvalue weighted by atomic mass is 10.0. The lowest BCUT2D eigenvalue weighted by Gasteiger charge is -2.09. The lowest BCUT2D eigenvalue weighted by Crippen LogP contribution is -2.19. The summed E-state index contributed by atoms with van der Waals surface area (Å²) in [7, 11) is 0. The van der Waals surface area contributed by atoms with Crippen LogP contribution >= 0.6 is 0 Å². The van der Waals surface area contributed by atoms with Gasteiger partial charge < -0.3 is 17.2 Å². The van der Waals surface area contributed by atoms with Gasteiger partial charge in [0.15, 0.2) is 5.84 Å². The second-order valence-electron chi connectivity index (χ2n) is 4.67. The van der Waals surface area contributed by atoms with Crippen molar-refractivity contribution in [3.05, 3.63) is 77.1 Å². The molecule has 0 amide bonds. The first-order chi connectivity index (χ1) is 10.6. The number of nitrogens with two attached hydrogens (primary N) is 3. The summed E-state index contributed by atoms with van der Waals surface area (Å²) < 4.78 is 13.7. The van der Waals surface area contributed by atoms with Crippen LogP contribution in [-0.4, -0.2) is 17.4 Å². The van der Waals surface area contributed by atoms with Gasteiger partial charge >= 0.3 is 0 Å². The fourth-order valence-corrected chi connectivity index (χ4v) is 1.92. The maximum absolute atomic E-state index is 13.7. The van der Waals surface area contributed by atoms with Crippen LogP contribution in [0.4, 0.5) is 4.39 Å². The maximum Gasteiger partial charge on any atom is 0.151 e. The van der Waals surface area contributed by atoms with Crippen LogP contribution in [0, 0.1) is 5.82 Å². The summed E-state index contributed by atoms with van der Waals surface area (Å²) in [6, 6.07) is 11.8. The zero-order chi connectivity index (χ0) is 15.9. The summed E-state index contributed by atoms with van der Waals surface area (Å²) in [5, 5.41) is 0. The highest BCUT2D eigenvalue weighted by Crippen LogP contribution is 2.13. The molecule has 6 heteroatoms. The highest BCUT2D eigenvalue weighted by molar-refractivity contribution is 5.96. The van der Waals surface area contributed by atoms with Crippen LogP contribution in [0.1, 0.15) is 11.3 Å². The molecule has 0 atom stereocenters. The summed E-state index contributed by atoms with van der Waals surface area (Å²) >= 11 is 0. The molecule has 0 saturated heterocycles. The molecule has 5 nitrogen and oxygen atoms in total. The van der Waals surface area contributed by atoms with E-state index in [9.17, 15) is 4.39 Å². The molecule has 2 aromatic rings. The predicted octanol–water partition coefficient (Wildman–Crippen LogP) is 1.30. The van der Waals surface area contributed by atoms with Gasteiger partial charge in [0.05, 0.1) is 0 Å². The number of hydrogen-bond donors (Lipinski definition) is 3. The number of amidine groups is 1. The van der Waals surface area contributed by atoms with Crippen molar-refractivity contribution in [2.24, 2.45) is 22.2 Å². The van der Waals surface area contributed by atoms with Gasteiger partial charge in [-0.3, -0.25) is 4.98 Å². The molecule has 0 saturated carbocycles. The van der Waals surface area contributed by atoms with E-state index < -0.39 is 0 Å². The van der Waals surface area contributed by atoms with Crippen molar-refractivity contribution in [1.29, 1.82) is 0 Å². The van der Waals surface area contributed by atoms with Gasteiger partial charge in [-0.2, -0.15) is 0 Å². The van der Waals surface area contributed by atoms with Crippen LogP contribution < -0.4 is 17.2 Å². The molecular formula is C16H18FN5. The first-order valence-corrected chi connectivity index (χ1v) is 6.78. The minimum atomic E-state index is -0.303. The fraction of sp³-hybridized carbons (Fsp3) is 0.125. The molecule has 0 fully saturated rings. The van der Waals surface area contributed by atoms with Crippen molar-refractivity contribution in [1.82, 2.24) is 4.98 Å². The van der Waals surface area contributed by atoms with Gasteiger partial charge in [0, 0.05) is 19.2 Å². The van der Waals surface area contributed by atoms with Gasteiger partial charge in [-0.25, -0.2) is 9.38 Å². The van der Waals surface area contributed by atoms with Crippen LogP contribution in [0.5, 0.6) is 0 Å². The normalized spacial score (nSPS) is 12.9. The van der Waals surface area contributed by atoms with Gasteiger partial charge in [-0.05, 0) is 29.3 Å². The topological polar surface area (TPSA) is 103 Å². The first-order valence-electron chi connectivity index (χ1n) is 6.78. The Morgan fingerprint density at radius 3 is 2.45 bits per heavy atom. The number of benzene rings is 1. The zero-order valence-electron chi connectivity index (χ0n) is 12.0. The second kappa shape index (κ2) is 7.33. The molecule has 6 N–H and O–H groups in total. The van der Waals surface area contributed by atoms with E-state index in [0.717, 1.165) is 0 Å². The van der Waals surface area contributed by atoms with Crippen LogP contribution in [0.15, 0.2) is 65.0 Å². The maximum atomic E-state index is 13.7. The molecule has 0 bridgehead atoms. The van der Waals surface area contributed by atoms with Crippen molar-refractivity contribution < 1.29 is 4.39 Å². The number of pyridine rings is 1. The summed E-state index contributed by atoms with van der Waals surface area (Å²) in [5.74, 6) is 0.0782. The van der Waals surface area contributed by atoms with E-state index in [4.69, 9.17) is 17.2 Å². The summed E-state index contributed by atoms with van der Waals surface area (Å²) in [6.07, 6.45) is 1.90. The van der Waals surface area contributed by atoms with Crippen molar-refractivity contribution in [2.75, 3.05) is 6.54 Å². The van der Waals surface area contributed by atoms with Gasteiger partial charge in [0.25, 0.3) is 0 Å². The Bertz CT molecular complexity index is 695. The van der Waals surface area contributed by atoms with Gasteiger partial charge in [-0.1, -0.05) is 24.3 Å². The Hall–Kier alpha value is -2.73. The van der Waals surface area contributed by atoms with Crippen molar-refractivity contribution >= 4 is 5.84 Å². The summed E-state index contributed by atoms with van der Waals surface area (Å²) in [4.78, 5) is 8.22. The average molecular weight is 299 g/mol. The minimum Gasteiger partial charge on any atom is -0.384 e. The smallest absolute Gasteiger partial charge is 0.151 e. The van der Waals surface area contributed by atoms with Crippen LogP contribution in [0.3, 0.4) is 0 Å². The summed E-state index contributed by atoms with van der Waals surface area (Å²) in [6.45, 7) is 0.166. The van der Waals surface area contributed by atoms with Crippen molar-refractivity contribution in [3.8, 4) is 0 Å². The van der Waals surface area contributed by atoms with Crippen LogP contribution in [0.25, 0.3) is 0 Å². The minimum absolute atomic E-state index is 0.166. The van der Waals surface area contributed by atoms with Crippen LogP contribution in [-0.2, 0) is 6.42 Å². The van der Waals surface area contributed by atoms with E-state index in [1.165, 1.54) is 6.07 Å². The molecule has 0 aliphatic carbocycles.